The van der Waals surface area contributed by atoms with Crippen molar-refractivity contribution < 1.29 is 4.79 Å². The zero-order chi connectivity index (χ0) is 13.2. The fourth-order valence-corrected chi connectivity index (χ4v) is 1.86. The second-order valence-electron chi connectivity index (χ2n) is 4.72. The predicted molar refractivity (Wildman–Crippen MR) is 75.4 cm³/mol. The van der Waals surface area contributed by atoms with Crippen LogP contribution in [-0.2, 0) is 4.79 Å². The predicted octanol–water partition coefficient (Wildman–Crippen LogP) is 2.43. The molecule has 0 aliphatic heterocycles. The van der Waals surface area contributed by atoms with Gasteiger partial charge in [-0.3, -0.25) is 4.79 Å². The van der Waals surface area contributed by atoms with Crippen LogP contribution < -0.4 is 11.1 Å². The maximum atomic E-state index is 11.6. The maximum absolute atomic E-state index is 11.6. The van der Waals surface area contributed by atoms with Crippen molar-refractivity contribution in [3.63, 3.8) is 0 Å². The van der Waals surface area contributed by atoms with Crippen LogP contribution in [0.1, 0.15) is 44.1 Å². The van der Waals surface area contributed by atoms with Crippen LogP contribution in [0.2, 0.25) is 0 Å². The molecule has 0 heterocycles. The Balaban J connectivity index is 2.18. The molecular weight excluding hydrogens is 224 g/mol. The number of unbranched alkanes of at least 4 members (excludes halogenated alkanes) is 2. The van der Waals surface area contributed by atoms with E-state index < -0.39 is 0 Å². The van der Waals surface area contributed by atoms with Crippen LogP contribution in [0.3, 0.4) is 0 Å². The maximum Gasteiger partial charge on any atom is 0.220 e. The molecule has 1 unspecified atom stereocenters. The Labute approximate surface area is 110 Å². The van der Waals surface area contributed by atoms with Gasteiger partial charge in [-0.05, 0) is 30.9 Å². The third-order valence-corrected chi connectivity index (χ3v) is 3.08. The van der Waals surface area contributed by atoms with E-state index in [1.54, 1.807) is 0 Å². The van der Waals surface area contributed by atoms with Crippen LogP contribution in [-0.4, -0.2) is 19.0 Å². The number of benzene rings is 1. The van der Waals surface area contributed by atoms with Crippen LogP contribution in [0.4, 0.5) is 0 Å². The van der Waals surface area contributed by atoms with Gasteiger partial charge >= 0.3 is 0 Å². The molecule has 1 aromatic carbocycles. The number of carbonyl (C=O) groups excluding carboxylic acids is 1. The lowest BCUT2D eigenvalue weighted by atomic mass is 10.0. The van der Waals surface area contributed by atoms with Crippen LogP contribution in [0, 0.1) is 0 Å². The van der Waals surface area contributed by atoms with E-state index in [2.05, 4.69) is 24.4 Å². The van der Waals surface area contributed by atoms with Crippen LogP contribution in [0.15, 0.2) is 30.3 Å². The molecule has 18 heavy (non-hydrogen) atoms. The smallest absolute Gasteiger partial charge is 0.220 e. The van der Waals surface area contributed by atoms with Gasteiger partial charge in [0.2, 0.25) is 5.91 Å². The monoisotopic (exact) mass is 248 g/mol. The summed E-state index contributed by atoms with van der Waals surface area (Å²) < 4.78 is 0. The molecule has 0 aromatic heterocycles. The molecule has 0 spiro atoms. The molecule has 3 nitrogen and oxygen atoms in total. The SMILES string of the molecule is CC(CNC(=O)CCCCCN)c1ccccc1. The molecule has 0 aliphatic carbocycles. The zero-order valence-corrected chi connectivity index (χ0v) is 11.2. The quantitative estimate of drug-likeness (QED) is 0.694. The van der Waals surface area contributed by atoms with Gasteiger partial charge in [0.25, 0.3) is 0 Å². The highest BCUT2D eigenvalue weighted by Gasteiger charge is 2.06. The Morgan fingerprint density at radius 2 is 1.94 bits per heavy atom. The van der Waals surface area contributed by atoms with Gasteiger partial charge in [0.1, 0.15) is 0 Å². The molecule has 0 bridgehead atoms. The second-order valence-corrected chi connectivity index (χ2v) is 4.72. The fraction of sp³-hybridized carbons (Fsp3) is 0.533. The highest BCUT2D eigenvalue weighted by Crippen LogP contribution is 2.13. The van der Waals surface area contributed by atoms with E-state index >= 15 is 0 Å². The van der Waals surface area contributed by atoms with Crippen LogP contribution >= 0.6 is 0 Å². The molecule has 1 atom stereocenters. The minimum absolute atomic E-state index is 0.148. The van der Waals surface area contributed by atoms with E-state index in [-0.39, 0.29) is 5.91 Å². The van der Waals surface area contributed by atoms with Gasteiger partial charge in [0, 0.05) is 13.0 Å². The third kappa shape index (κ3) is 5.82. The number of nitrogens with one attached hydrogen (secondary N) is 1. The first-order chi connectivity index (χ1) is 8.74. The number of hydrogen-bond acceptors (Lipinski definition) is 2. The van der Waals surface area contributed by atoms with Crippen LogP contribution in [0.5, 0.6) is 0 Å². The Morgan fingerprint density at radius 3 is 2.61 bits per heavy atom. The Morgan fingerprint density at radius 1 is 1.22 bits per heavy atom. The molecule has 1 aromatic rings. The number of hydrogen-bond donors (Lipinski definition) is 2. The van der Waals surface area contributed by atoms with E-state index in [1.807, 2.05) is 18.2 Å². The summed E-state index contributed by atoms with van der Waals surface area (Å²) in [5.74, 6) is 0.508. The van der Waals surface area contributed by atoms with Gasteiger partial charge in [-0.25, -0.2) is 0 Å². The first-order valence-corrected chi connectivity index (χ1v) is 6.75. The van der Waals surface area contributed by atoms with Crippen molar-refractivity contribution in [2.45, 2.75) is 38.5 Å². The summed E-state index contributed by atoms with van der Waals surface area (Å²) in [5.41, 5.74) is 6.67. The molecule has 3 heteroatoms. The number of nitrogens with two attached hydrogens (primary N) is 1. The van der Waals surface area contributed by atoms with E-state index in [0.717, 1.165) is 19.3 Å². The Kier molecular flexibility index (Phi) is 7.11. The highest BCUT2D eigenvalue weighted by atomic mass is 16.1. The molecule has 0 saturated heterocycles. The lowest BCUT2D eigenvalue weighted by molar-refractivity contribution is -0.121. The molecule has 0 aliphatic rings. The van der Waals surface area contributed by atoms with Crippen molar-refractivity contribution in [2.75, 3.05) is 13.1 Å². The van der Waals surface area contributed by atoms with Crippen molar-refractivity contribution >= 4 is 5.91 Å². The number of carbonyl (C=O) groups is 1. The minimum atomic E-state index is 0.148. The summed E-state index contributed by atoms with van der Waals surface area (Å²) in [6.45, 7) is 3.55. The van der Waals surface area contributed by atoms with E-state index in [4.69, 9.17) is 5.73 Å². The van der Waals surface area contributed by atoms with Gasteiger partial charge in [0.15, 0.2) is 0 Å². The number of rotatable bonds is 8. The first-order valence-electron chi connectivity index (χ1n) is 6.75. The Bertz CT molecular complexity index is 338. The van der Waals surface area contributed by atoms with E-state index in [1.165, 1.54) is 5.56 Å². The molecule has 1 rings (SSSR count). The summed E-state index contributed by atoms with van der Waals surface area (Å²) in [6.07, 6.45) is 3.59. The lowest BCUT2D eigenvalue weighted by Crippen LogP contribution is -2.27. The standard InChI is InChI=1S/C15H24N2O/c1-13(14-8-4-2-5-9-14)12-17-15(18)10-6-3-7-11-16/h2,4-5,8-9,13H,3,6-7,10-12,16H2,1H3,(H,17,18). The summed E-state index contributed by atoms with van der Waals surface area (Å²) in [5, 5.41) is 2.99. The van der Waals surface area contributed by atoms with Crippen molar-refractivity contribution in [3.8, 4) is 0 Å². The van der Waals surface area contributed by atoms with Gasteiger partial charge in [0.05, 0.1) is 0 Å². The highest BCUT2D eigenvalue weighted by molar-refractivity contribution is 5.75. The molecule has 1 amide bonds. The molecule has 0 saturated carbocycles. The van der Waals surface area contributed by atoms with Crippen molar-refractivity contribution in [2.24, 2.45) is 5.73 Å². The van der Waals surface area contributed by atoms with Crippen molar-refractivity contribution in [3.05, 3.63) is 35.9 Å². The molecule has 100 valence electrons. The van der Waals surface area contributed by atoms with Gasteiger partial charge in [-0.15, -0.1) is 0 Å². The largest absolute Gasteiger partial charge is 0.356 e. The topological polar surface area (TPSA) is 55.1 Å². The number of amides is 1. The second kappa shape index (κ2) is 8.70. The van der Waals surface area contributed by atoms with Crippen molar-refractivity contribution in [1.29, 1.82) is 0 Å². The fourth-order valence-electron chi connectivity index (χ4n) is 1.86. The van der Waals surface area contributed by atoms with Gasteiger partial charge < -0.3 is 11.1 Å². The van der Waals surface area contributed by atoms with Gasteiger partial charge in [-0.2, -0.15) is 0 Å². The molecule has 0 radical (unpaired) electrons. The lowest BCUT2D eigenvalue weighted by Gasteiger charge is -2.13. The third-order valence-electron chi connectivity index (χ3n) is 3.08. The van der Waals surface area contributed by atoms with E-state index in [0.29, 0.717) is 25.4 Å². The minimum Gasteiger partial charge on any atom is -0.356 e. The van der Waals surface area contributed by atoms with Crippen LogP contribution in [0.25, 0.3) is 0 Å². The Hall–Kier alpha value is -1.35. The molecule has 3 N–H and O–H groups in total. The van der Waals surface area contributed by atoms with Gasteiger partial charge in [-0.1, -0.05) is 43.7 Å². The van der Waals surface area contributed by atoms with Crippen molar-refractivity contribution in [1.82, 2.24) is 5.32 Å². The zero-order valence-electron chi connectivity index (χ0n) is 11.2. The average Bonchev–Trinajstić information content (AvgIpc) is 2.42. The average molecular weight is 248 g/mol. The first kappa shape index (κ1) is 14.7. The molecule has 0 fully saturated rings. The normalized spacial score (nSPS) is 12.1. The summed E-state index contributed by atoms with van der Waals surface area (Å²) in [4.78, 5) is 11.6. The molecular formula is C15H24N2O. The summed E-state index contributed by atoms with van der Waals surface area (Å²) in [7, 11) is 0. The summed E-state index contributed by atoms with van der Waals surface area (Å²) >= 11 is 0. The van der Waals surface area contributed by atoms with E-state index in [9.17, 15) is 4.79 Å². The summed E-state index contributed by atoms with van der Waals surface area (Å²) in [6, 6.07) is 10.3.